The number of nitrogens with one attached hydrogen (secondary N) is 2. The molecule has 2 N–H and O–H groups in total. The molecule has 0 bridgehead atoms. The molecule has 1 aromatic rings. The fraction of sp³-hybridized carbons (Fsp3) is 0.769. The second kappa shape index (κ2) is 6.54. The maximum Gasteiger partial charge on any atom is 0.322 e. The standard InChI is InChI=1S/C13H23N5O/c1-4-9-5-7-10(8-6-9)15-12-16-11(14-2)17-13(18-12)19-3/h9-10H,4-8H2,1-3H3,(H2,14,15,16,17,18). The van der Waals surface area contributed by atoms with E-state index in [2.05, 4.69) is 32.5 Å². The minimum Gasteiger partial charge on any atom is -0.467 e. The van der Waals surface area contributed by atoms with Gasteiger partial charge in [0.2, 0.25) is 11.9 Å². The Morgan fingerprint density at radius 1 is 1.11 bits per heavy atom. The smallest absolute Gasteiger partial charge is 0.322 e. The SMILES string of the molecule is CCC1CCC(Nc2nc(NC)nc(OC)n2)CC1. The summed E-state index contributed by atoms with van der Waals surface area (Å²) in [6, 6.07) is 0.795. The van der Waals surface area contributed by atoms with Crippen molar-refractivity contribution in [3.8, 4) is 6.01 Å². The van der Waals surface area contributed by atoms with Gasteiger partial charge in [-0.15, -0.1) is 0 Å². The van der Waals surface area contributed by atoms with E-state index in [9.17, 15) is 0 Å². The molecule has 0 aliphatic heterocycles. The lowest BCUT2D eigenvalue weighted by atomic mass is 9.85. The van der Waals surface area contributed by atoms with Crippen LogP contribution in [-0.2, 0) is 0 Å². The average Bonchev–Trinajstić information content (AvgIpc) is 2.47. The van der Waals surface area contributed by atoms with Crippen LogP contribution >= 0.6 is 0 Å². The van der Waals surface area contributed by atoms with Crippen molar-refractivity contribution in [3.05, 3.63) is 0 Å². The summed E-state index contributed by atoms with van der Waals surface area (Å²) < 4.78 is 5.08. The van der Waals surface area contributed by atoms with Crippen LogP contribution in [0.15, 0.2) is 0 Å². The van der Waals surface area contributed by atoms with Crippen molar-refractivity contribution in [1.29, 1.82) is 0 Å². The monoisotopic (exact) mass is 265 g/mol. The average molecular weight is 265 g/mol. The molecule has 0 unspecified atom stereocenters. The van der Waals surface area contributed by atoms with Crippen LogP contribution in [0, 0.1) is 5.92 Å². The molecule has 0 aromatic carbocycles. The zero-order chi connectivity index (χ0) is 13.7. The Morgan fingerprint density at radius 3 is 2.37 bits per heavy atom. The Labute approximate surface area is 114 Å². The van der Waals surface area contributed by atoms with E-state index in [1.807, 2.05) is 0 Å². The summed E-state index contributed by atoms with van der Waals surface area (Å²) in [6.45, 7) is 2.27. The second-order valence-electron chi connectivity index (χ2n) is 4.99. The van der Waals surface area contributed by atoms with E-state index < -0.39 is 0 Å². The van der Waals surface area contributed by atoms with Crippen molar-refractivity contribution in [3.63, 3.8) is 0 Å². The van der Waals surface area contributed by atoms with Crippen molar-refractivity contribution in [2.75, 3.05) is 24.8 Å². The first kappa shape index (κ1) is 13.8. The topological polar surface area (TPSA) is 72.0 Å². The molecule has 0 amide bonds. The number of nitrogens with zero attached hydrogens (tertiary/aromatic N) is 3. The number of hydrogen-bond acceptors (Lipinski definition) is 6. The van der Waals surface area contributed by atoms with E-state index in [-0.39, 0.29) is 0 Å². The van der Waals surface area contributed by atoms with Crippen LogP contribution in [0.25, 0.3) is 0 Å². The Kier molecular flexibility index (Phi) is 4.76. The van der Waals surface area contributed by atoms with E-state index in [0.29, 0.717) is 23.9 Å². The molecule has 106 valence electrons. The Hall–Kier alpha value is -1.59. The number of methoxy groups -OCH3 is 1. The van der Waals surface area contributed by atoms with Gasteiger partial charge in [-0.3, -0.25) is 0 Å². The minimum absolute atomic E-state index is 0.337. The molecular weight excluding hydrogens is 242 g/mol. The van der Waals surface area contributed by atoms with Crippen LogP contribution in [0.1, 0.15) is 39.0 Å². The highest BCUT2D eigenvalue weighted by molar-refractivity contribution is 5.36. The molecule has 1 aliphatic carbocycles. The third kappa shape index (κ3) is 3.68. The first-order valence-corrected chi connectivity index (χ1v) is 6.99. The van der Waals surface area contributed by atoms with Gasteiger partial charge >= 0.3 is 6.01 Å². The zero-order valence-electron chi connectivity index (χ0n) is 11.9. The van der Waals surface area contributed by atoms with Gasteiger partial charge in [0.05, 0.1) is 7.11 Å². The van der Waals surface area contributed by atoms with Crippen molar-refractivity contribution >= 4 is 11.9 Å². The molecule has 19 heavy (non-hydrogen) atoms. The van der Waals surface area contributed by atoms with Gasteiger partial charge < -0.3 is 15.4 Å². The highest BCUT2D eigenvalue weighted by Crippen LogP contribution is 2.28. The minimum atomic E-state index is 0.337. The molecule has 6 heteroatoms. The van der Waals surface area contributed by atoms with E-state index in [0.717, 1.165) is 5.92 Å². The summed E-state index contributed by atoms with van der Waals surface area (Å²) in [5, 5.41) is 6.31. The van der Waals surface area contributed by atoms with Crippen LogP contribution < -0.4 is 15.4 Å². The van der Waals surface area contributed by atoms with Gasteiger partial charge in [-0.25, -0.2) is 0 Å². The van der Waals surface area contributed by atoms with E-state index in [1.165, 1.54) is 32.1 Å². The lowest BCUT2D eigenvalue weighted by Crippen LogP contribution is -2.27. The van der Waals surface area contributed by atoms with Gasteiger partial charge in [0.1, 0.15) is 0 Å². The highest BCUT2D eigenvalue weighted by atomic mass is 16.5. The van der Waals surface area contributed by atoms with Crippen LogP contribution in [0.5, 0.6) is 6.01 Å². The molecule has 1 fully saturated rings. The van der Waals surface area contributed by atoms with Crippen LogP contribution in [-0.4, -0.2) is 35.2 Å². The molecular formula is C13H23N5O. The maximum absolute atomic E-state index is 5.08. The molecule has 1 saturated carbocycles. The van der Waals surface area contributed by atoms with E-state index in [1.54, 1.807) is 14.2 Å². The van der Waals surface area contributed by atoms with Gasteiger partial charge in [-0.2, -0.15) is 15.0 Å². The third-order valence-electron chi connectivity index (χ3n) is 3.78. The summed E-state index contributed by atoms with van der Waals surface area (Å²) >= 11 is 0. The van der Waals surface area contributed by atoms with Crippen molar-refractivity contribution in [2.24, 2.45) is 5.92 Å². The van der Waals surface area contributed by atoms with Gasteiger partial charge in [-0.05, 0) is 31.6 Å². The molecule has 1 heterocycles. The largest absolute Gasteiger partial charge is 0.467 e. The highest BCUT2D eigenvalue weighted by Gasteiger charge is 2.20. The predicted octanol–water partition coefficient (Wildman–Crippen LogP) is 2.30. The summed E-state index contributed by atoms with van der Waals surface area (Å²) in [5.74, 6) is 2.01. The normalized spacial score (nSPS) is 22.9. The molecule has 6 nitrogen and oxygen atoms in total. The van der Waals surface area contributed by atoms with Gasteiger partial charge in [-0.1, -0.05) is 13.3 Å². The molecule has 2 rings (SSSR count). The molecule has 0 saturated heterocycles. The van der Waals surface area contributed by atoms with Gasteiger partial charge in [0.25, 0.3) is 0 Å². The second-order valence-corrected chi connectivity index (χ2v) is 4.99. The summed E-state index contributed by atoms with van der Waals surface area (Å²) in [6.07, 6.45) is 6.23. The quantitative estimate of drug-likeness (QED) is 0.851. The van der Waals surface area contributed by atoms with Crippen molar-refractivity contribution in [1.82, 2.24) is 15.0 Å². The molecule has 0 radical (unpaired) electrons. The first-order chi connectivity index (χ1) is 9.25. The lowest BCUT2D eigenvalue weighted by Gasteiger charge is -2.28. The van der Waals surface area contributed by atoms with Crippen LogP contribution in [0.4, 0.5) is 11.9 Å². The fourth-order valence-electron chi connectivity index (χ4n) is 2.52. The first-order valence-electron chi connectivity index (χ1n) is 6.99. The maximum atomic E-state index is 5.08. The zero-order valence-corrected chi connectivity index (χ0v) is 11.9. The third-order valence-corrected chi connectivity index (χ3v) is 3.78. The number of aromatic nitrogens is 3. The van der Waals surface area contributed by atoms with Crippen LogP contribution in [0.2, 0.25) is 0 Å². The predicted molar refractivity (Wildman–Crippen MR) is 75.6 cm³/mol. The molecule has 1 aliphatic rings. The lowest BCUT2D eigenvalue weighted by molar-refractivity contribution is 0.329. The summed E-state index contributed by atoms with van der Waals surface area (Å²) in [4.78, 5) is 12.6. The molecule has 0 atom stereocenters. The van der Waals surface area contributed by atoms with Gasteiger partial charge in [0, 0.05) is 13.1 Å². The summed E-state index contributed by atoms with van der Waals surface area (Å²) in [5.41, 5.74) is 0. The van der Waals surface area contributed by atoms with Gasteiger partial charge in [0.15, 0.2) is 0 Å². The Morgan fingerprint density at radius 2 is 1.79 bits per heavy atom. The molecule has 0 spiro atoms. The number of hydrogen-bond donors (Lipinski definition) is 2. The van der Waals surface area contributed by atoms with Crippen molar-refractivity contribution < 1.29 is 4.74 Å². The van der Waals surface area contributed by atoms with Crippen LogP contribution in [0.3, 0.4) is 0 Å². The van der Waals surface area contributed by atoms with Crippen molar-refractivity contribution in [2.45, 2.75) is 45.1 Å². The number of rotatable bonds is 5. The summed E-state index contributed by atoms with van der Waals surface area (Å²) in [7, 11) is 3.34. The van der Waals surface area contributed by atoms with E-state index in [4.69, 9.17) is 4.74 Å². The number of anilines is 2. The Bertz CT molecular complexity index is 382. The molecule has 1 aromatic heterocycles. The Balaban J connectivity index is 1.99. The number of ether oxygens (including phenoxy) is 1. The van der Waals surface area contributed by atoms with E-state index >= 15 is 0 Å². The fourth-order valence-corrected chi connectivity index (χ4v) is 2.52.